The van der Waals surface area contributed by atoms with Crippen LogP contribution in [0.25, 0.3) is 0 Å². The Kier molecular flexibility index (Phi) is 5.38. The summed E-state index contributed by atoms with van der Waals surface area (Å²) in [4.78, 5) is 15.7. The highest BCUT2D eigenvalue weighted by molar-refractivity contribution is 6.30. The van der Waals surface area contributed by atoms with Gasteiger partial charge in [0.25, 0.3) is 5.91 Å². The third-order valence-electron chi connectivity index (χ3n) is 2.27. The van der Waals surface area contributed by atoms with Gasteiger partial charge in [-0.05, 0) is 24.5 Å². The number of carbonyl (C=O) groups is 1. The van der Waals surface area contributed by atoms with Gasteiger partial charge in [0.2, 0.25) is 0 Å². The first-order valence-electron chi connectivity index (χ1n) is 5.56. The number of nitrogens with one attached hydrogen (secondary N) is 1. The molecule has 0 aliphatic heterocycles. The van der Waals surface area contributed by atoms with Gasteiger partial charge >= 0.3 is 0 Å². The number of hydrogen-bond acceptors (Lipinski definition) is 3. The fourth-order valence-electron chi connectivity index (χ4n) is 1.54. The van der Waals surface area contributed by atoms with E-state index in [1.807, 2.05) is 13.8 Å². The molecule has 0 aromatic carbocycles. The zero-order valence-corrected chi connectivity index (χ0v) is 10.7. The Bertz CT molecular complexity index is 383. The van der Waals surface area contributed by atoms with Crippen molar-refractivity contribution in [3.8, 4) is 0 Å². The molecule has 0 saturated carbocycles. The number of aliphatic hydroxyl groups excluding tert-OH is 1. The monoisotopic (exact) mass is 256 g/mol. The van der Waals surface area contributed by atoms with E-state index < -0.39 is 0 Å². The van der Waals surface area contributed by atoms with Crippen LogP contribution >= 0.6 is 11.6 Å². The summed E-state index contributed by atoms with van der Waals surface area (Å²) in [5.74, 6) is 0.0898. The van der Waals surface area contributed by atoms with Crippen LogP contribution in [0.15, 0.2) is 18.3 Å². The Balaban J connectivity index is 2.64. The highest BCUT2D eigenvalue weighted by atomic mass is 35.5. The van der Waals surface area contributed by atoms with Crippen LogP contribution in [-0.4, -0.2) is 28.6 Å². The minimum atomic E-state index is -0.313. The fourth-order valence-corrected chi connectivity index (χ4v) is 1.70. The van der Waals surface area contributed by atoms with Gasteiger partial charge in [-0.25, -0.2) is 0 Å². The molecule has 0 bridgehead atoms. The molecule has 94 valence electrons. The van der Waals surface area contributed by atoms with Gasteiger partial charge in [-0.1, -0.05) is 25.4 Å². The predicted octanol–water partition coefficient (Wildman–Crippen LogP) is 1.87. The van der Waals surface area contributed by atoms with Crippen LogP contribution in [0.1, 0.15) is 30.8 Å². The van der Waals surface area contributed by atoms with Crippen molar-refractivity contribution in [1.82, 2.24) is 10.3 Å². The SMILES string of the molecule is CC(C)CC(CO)NC(=O)c1cc(Cl)ccn1. The van der Waals surface area contributed by atoms with Gasteiger partial charge in [0.05, 0.1) is 12.6 Å². The van der Waals surface area contributed by atoms with E-state index in [0.717, 1.165) is 6.42 Å². The Morgan fingerprint density at radius 2 is 2.29 bits per heavy atom. The van der Waals surface area contributed by atoms with Gasteiger partial charge < -0.3 is 10.4 Å². The lowest BCUT2D eigenvalue weighted by Crippen LogP contribution is -2.38. The molecule has 5 heteroatoms. The lowest BCUT2D eigenvalue weighted by atomic mass is 10.0. The molecule has 0 spiro atoms. The Labute approximate surface area is 106 Å². The van der Waals surface area contributed by atoms with Gasteiger partial charge in [-0.15, -0.1) is 0 Å². The number of nitrogens with zero attached hydrogens (tertiary/aromatic N) is 1. The van der Waals surface area contributed by atoms with Crippen LogP contribution in [0.5, 0.6) is 0 Å². The zero-order valence-electron chi connectivity index (χ0n) is 9.98. The lowest BCUT2D eigenvalue weighted by Gasteiger charge is -2.17. The maximum absolute atomic E-state index is 11.8. The summed E-state index contributed by atoms with van der Waals surface area (Å²) in [6, 6.07) is 2.86. The molecule has 2 N–H and O–H groups in total. The molecule has 0 saturated heterocycles. The molecule has 1 amide bonds. The molecule has 1 rings (SSSR count). The van der Waals surface area contributed by atoms with Gasteiger partial charge in [-0.2, -0.15) is 0 Å². The van der Waals surface area contributed by atoms with E-state index in [1.165, 1.54) is 12.3 Å². The summed E-state index contributed by atoms with van der Waals surface area (Å²) in [5.41, 5.74) is 0.264. The molecule has 1 atom stereocenters. The summed E-state index contributed by atoms with van der Waals surface area (Å²) in [5, 5.41) is 12.4. The second kappa shape index (κ2) is 6.57. The second-order valence-electron chi connectivity index (χ2n) is 4.34. The van der Waals surface area contributed by atoms with Crippen molar-refractivity contribution in [3.05, 3.63) is 29.0 Å². The molecule has 4 nitrogen and oxygen atoms in total. The summed E-state index contributed by atoms with van der Waals surface area (Å²) in [6.45, 7) is 3.99. The third-order valence-corrected chi connectivity index (χ3v) is 2.50. The molecule has 1 aromatic rings. The third kappa shape index (κ3) is 4.71. The van der Waals surface area contributed by atoms with Crippen LogP contribution in [-0.2, 0) is 0 Å². The highest BCUT2D eigenvalue weighted by Crippen LogP contribution is 2.09. The minimum Gasteiger partial charge on any atom is -0.394 e. The van der Waals surface area contributed by atoms with Crippen LogP contribution in [0, 0.1) is 5.92 Å². The van der Waals surface area contributed by atoms with E-state index in [4.69, 9.17) is 16.7 Å². The van der Waals surface area contributed by atoms with E-state index >= 15 is 0 Å². The Hall–Kier alpha value is -1.13. The predicted molar refractivity (Wildman–Crippen MR) is 67.0 cm³/mol. The van der Waals surface area contributed by atoms with Crippen molar-refractivity contribution in [2.75, 3.05) is 6.61 Å². The maximum atomic E-state index is 11.8. The number of rotatable bonds is 5. The quantitative estimate of drug-likeness (QED) is 0.846. The summed E-state index contributed by atoms with van der Waals surface area (Å²) >= 11 is 5.77. The van der Waals surface area contributed by atoms with Gasteiger partial charge in [-0.3, -0.25) is 9.78 Å². The standard InChI is InChI=1S/C12H17ClN2O2/c1-8(2)5-10(7-16)15-12(17)11-6-9(13)3-4-14-11/h3-4,6,8,10,16H,5,7H2,1-2H3,(H,15,17). The van der Waals surface area contributed by atoms with E-state index in [-0.39, 0.29) is 24.2 Å². The highest BCUT2D eigenvalue weighted by Gasteiger charge is 2.15. The first-order valence-corrected chi connectivity index (χ1v) is 5.94. The molecular formula is C12H17ClN2O2. The summed E-state index contributed by atoms with van der Waals surface area (Å²) in [7, 11) is 0. The first kappa shape index (κ1) is 13.9. The number of aliphatic hydroxyl groups is 1. The van der Waals surface area contributed by atoms with Gasteiger partial charge in [0.1, 0.15) is 5.69 Å². The Morgan fingerprint density at radius 1 is 1.59 bits per heavy atom. The maximum Gasteiger partial charge on any atom is 0.270 e. The smallest absolute Gasteiger partial charge is 0.270 e. The molecule has 1 unspecified atom stereocenters. The van der Waals surface area contributed by atoms with Crippen molar-refractivity contribution in [1.29, 1.82) is 0 Å². The number of aromatic nitrogens is 1. The van der Waals surface area contributed by atoms with E-state index in [9.17, 15) is 4.79 Å². The molecular weight excluding hydrogens is 240 g/mol. The van der Waals surface area contributed by atoms with Crippen molar-refractivity contribution >= 4 is 17.5 Å². The normalized spacial score (nSPS) is 12.5. The number of carbonyl (C=O) groups excluding carboxylic acids is 1. The number of halogens is 1. The molecule has 0 aliphatic rings. The molecule has 0 radical (unpaired) electrons. The van der Waals surface area contributed by atoms with Crippen LogP contribution < -0.4 is 5.32 Å². The largest absolute Gasteiger partial charge is 0.394 e. The van der Waals surface area contributed by atoms with Gasteiger partial charge in [0.15, 0.2) is 0 Å². The van der Waals surface area contributed by atoms with E-state index in [2.05, 4.69) is 10.3 Å². The number of amides is 1. The topological polar surface area (TPSA) is 62.2 Å². The van der Waals surface area contributed by atoms with Crippen molar-refractivity contribution in [2.45, 2.75) is 26.3 Å². The molecule has 1 aromatic heterocycles. The second-order valence-corrected chi connectivity index (χ2v) is 4.78. The van der Waals surface area contributed by atoms with E-state index in [0.29, 0.717) is 10.9 Å². The minimum absolute atomic E-state index is 0.0789. The lowest BCUT2D eigenvalue weighted by molar-refractivity contribution is 0.0903. The number of hydrogen-bond donors (Lipinski definition) is 2. The summed E-state index contributed by atoms with van der Waals surface area (Å²) < 4.78 is 0. The van der Waals surface area contributed by atoms with E-state index in [1.54, 1.807) is 6.07 Å². The average molecular weight is 257 g/mol. The van der Waals surface area contributed by atoms with Crippen LogP contribution in [0.3, 0.4) is 0 Å². The first-order chi connectivity index (χ1) is 8.02. The Morgan fingerprint density at radius 3 is 2.82 bits per heavy atom. The number of pyridine rings is 1. The fraction of sp³-hybridized carbons (Fsp3) is 0.500. The zero-order chi connectivity index (χ0) is 12.8. The van der Waals surface area contributed by atoms with Crippen LogP contribution in [0.2, 0.25) is 5.02 Å². The molecule has 17 heavy (non-hydrogen) atoms. The molecule has 0 aliphatic carbocycles. The molecule has 1 heterocycles. The van der Waals surface area contributed by atoms with Crippen molar-refractivity contribution < 1.29 is 9.90 Å². The average Bonchev–Trinajstić information content (AvgIpc) is 2.27. The van der Waals surface area contributed by atoms with Gasteiger partial charge in [0, 0.05) is 11.2 Å². The van der Waals surface area contributed by atoms with Crippen LogP contribution in [0.4, 0.5) is 0 Å². The molecule has 0 fully saturated rings. The van der Waals surface area contributed by atoms with Crippen molar-refractivity contribution in [2.24, 2.45) is 5.92 Å². The van der Waals surface area contributed by atoms with Crippen molar-refractivity contribution in [3.63, 3.8) is 0 Å². The summed E-state index contributed by atoms with van der Waals surface area (Å²) in [6.07, 6.45) is 2.20.